The summed E-state index contributed by atoms with van der Waals surface area (Å²) in [7, 11) is 2.94. The molecule has 1 aromatic rings. The summed E-state index contributed by atoms with van der Waals surface area (Å²) in [5, 5.41) is 3.20. The molecule has 6 nitrogen and oxygen atoms in total. The summed E-state index contributed by atoms with van der Waals surface area (Å²) in [6.45, 7) is 3.30. The number of hydrogen-bond acceptors (Lipinski definition) is 6. The SMILES string of the molecule is COC(=O)c1nc(C(C)OC)nc2c1CNCC2. The Morgan fingerprint density at radius 2 is 2.17 bits per heavy atom. The lowest BCUT2D eigenvalue weighted by Crippen LogP contribution is -2.29. The van der Waals surface area contributed by atoms with Crippen LogP contribution in [0.4, 0.5) is 0 Å². The first-order valence-electron chi connectivity index (χ1n) is 5.89. The molecule has 1 N–H and O–H groups in total. The smallest absolute Gasteiger partial charge is 0.357 e. The predicted molar refractivity (Wildman–Crippen MR) is 64.2 cm³/mol. The van der Waals surface area contributed by atoms with Crippen LogP contribution in [0.1, 0.15) is 40.6 Å². The van der Waals surface area contributed by atoms with Crippen molar-refractivity contribution in [2.45, 2.75) is 26.0 Å². The van der Waals surface area contributed by atoms with E-state index in [2.05, 4.69) is 15.3 Å². The molecule has 2 rings (SSSR count). The molecule has 0 saturated heterocycles. The standard InChI is InChI=1S/C12H17N3O3/c1-7(17-2)11-14-9-4-5-13-6-8(9)10(15-11)12(16)18-3/h7,13H,4-6H2,1-3H3. The van der Waals surface area contributed by atoms with Crippen molar-refractivity contribution in [1.82, 2.24) is 15.3 Å². The number of nitrogens with one attached hydrogen (secondary N) is 1. The molecule has 0 amide bonds. The molecule has 1 aliphatic rings. The number of ether oxygens (including phenoxy) is 2. The van der Waals surface area contributed by atoms with Gasteiger partial charge < -0.3 is 14.8 Å². The maximum absolute atomic E-state index is 11.8. The van der Waals surface area contributed by atoms with Gasteiger partial charge in [0.1, 0.15) is 6.10 Å². The van der Waals surface area contributed by atoms with Crippen LogP contribution in [0.3, 0.4) is 0 Å². The quantitative estimate of drug-likeness (QED) is 0.794. The van der Waals surface area contributed by atoms with Crippen molar-refractivity contribution in [1.29, 1.82) is 0 Å². The molecule has 1 atom stereocenters. The van der Waals surface area contributed by atoms with Gasteiger partial charge in [-0.05, 0) is 6.92 Å². The van der Waals surface area contributed by atoms with Crippen LogP contribution in [0.5, 0.6) is 0 Å². The van der Waals surface area contributed by atoms with Gasteiger partial charge in [-0.15, -0.1) is 0 Å². The molecule has 0 spiro atoms. The Morgan fingerprint density at radius 3 is 2.83 bits per heavy atom. The molecule has 0 fully saturated rings. The molecule has 1 aliphatic heterocycles. The maximum atomic E-state index is 11.8. The highest BCUT2D eigenvalue weighted by molar-refractivity contribution is 5.89. The molecule has 0 radical (unpaired) electrons. The third kappa shape index (κ3) is 2.34. The average Bonchev–Trinajstić information content (AvgIpc) is 2.44. The van der Waals surface area contributed by atoms with Crippen molar-refractivity contribution in [3.63, 3.8) is 0 Å². The second-order valence-corrected chi connectivity index (χ2v) is 4.15. The number of fused-ring (bicyclic) bond motifs is 1. The van der Waals surface area contributed by atoms with Gasteiger partial charge in [0.2, 0.25) is 0 Å². The van der Waals surface area contributed by atoms with Gasteiger partial charge in [0.05, 0.1) is 12.8 Å². The van der Waals surface area contributed by atoms with Gasteiger partial charge in [-0.25, -0.2) is 14.8 Å². The lowest BCUT2D eigenvalue weighted by Gasteiger charge is -2.20. The van der Waals surface area contributed by atoms with Gasteiger partial charge in [0.25, 0.3) is 0 Å². The summed E-state index contributed by atoms with van der Waals surface area (Å²) in [6.07, 6.45) is 0.541. The van der Waals surface area contributed by atoms with E-state index in [1.807, 2.05) is 6.92 Å². The van der Waals surface area contributed by atoms with Crippen molar-refractivity contribution in [3.8, 4) is 0 Å². The number of esters is 1. The maximum Gasteiger partial charge on any atom is 0.357 e. The summed E-state index contributed by atoms with van der Waals surface area (Å²) in [5.41, 5.74) is 2.08. The first kappa shape index (κ1) is 12.9. The fourth-order valence-corrected chi connectivity index (χ4v) is 1.91. The van der Waals surface area contributed by atoms with Crippen molar-refractivity contribution in [2.24, 2.45) is 0 Å². The Kier molecular flexibility index (Phi) is 3.88. The van der Waals surface area contributed by atoms with Crippen molar-refractivity contribution in [3.05, 3.63) is 22.8 Å². The highest BCUT2D eigenvalue weighted by atomic mass is 16.5. The van der Waals surface area contributed by atoms with E-state index in [1.54, 1.807) is 7.11 Å². The fraction of sp³-hybridized carbons (Fsp3) is 0.583. The fourth-order valence-electron chi connectivity index (χ4n) is 1.91. The Bertz CT molecular complexity index is 462. The average molecular weight is 251 g/mol. The summed E-state index contributed by atoms with van der Waals surface area (Å²) in [5.74, 6) is 0.0976. The first-order chi connectivity index (χ1) is 8.67. The second-order valence-electron chi connectivity index (χ2n) is 4.15. The lowest BCUT2D eigenvalue weighted by molar-refractivity contribution is 0.0588. The van der Waals surface area contributed by atoms with E-state index in [0.29, 0.717) is 18.1 Å². The molecular formula is C12H17N3O3. The monoisotopic (exact) mass is 251 g/mol. The summed E-state index contributed by atoms with van der Waals surface area (Å²) < 4.78 is 9.98. The predicted octanol–water partition coefficient (Wildman–Crippen LogP) is 0.616. The van der Waals surface area contributed by atoms with E-state index in [-0.39, 0.29) is 6.10 Å². The van der Waals surface area contributed by atoms with Crippen molar-refractivity contribution < 1.29 is 14.3 Å². The van der Waals surface area contributed by atoms with Gasteiger partial charge in [-0.1, -0.05) is 0 Å². The van der Waals surface area contributed by atoms with Crippen LogP contribution in [0.15, 0.2) is 0 Å². The third-order valence-electron chi connectivity index (χ3n) is 3.05. The number of aromatic nitrogens is 2. The highest BCUT2D eigenvalue weighted by Crippen LogP contribution is 2.20. The van der Waals surface area contributed by atoms with Gasteiger partial charge in [-0.3, -0.25) is 0 Å². The largest absolute Gasteiger partial charge is 0.464 e. The minimum absolute atomic E-state index is 0.242. The minimum atomic E-state index is -0.429. The second kappa shape index (κ2) is 5.41. The van der Waals surface area contributed by atoms with Crippen LogP contribution in [-0.4, -0.2) is 36.7 Å². The zero-order valence-corrected chi connectivity index (χ0v) is 10.8. The zero-order valence-electron chi connectivity index (χ0n) is 10.8. The van der Waals surface area contributed by atoms with E-state index in [9.17, 15) is 4.79 Å². The molecular weight excluding hydrogens is 234 g/mol. The van der Waals surface area contributed by atoms with Crippen molar-refractivity contribution >= 4 is 5.97 Å². The molecule has 1 unspecified atom stereocenters. The van der Waals surface area contributed by atoms with Crippen molar-refractivity contribution in [2.75, 3.05) is 20.8 Å². The Balaban J connectivity index is 2.51. The zero-order chi connectivity index (χ0) is 13.1. The summed E-state index contributed by atoms with van der Waals surface area (Å²) in [4.78, 5) is 20.5. The van der Waals surface area contributed by atoms with Gasteiger partial charge in [-0.2, -0.15) is 0 Å². The molecule has 98 valence electrons. The molecule has 0 aromatic carbocycles. The molecule has 0 saturated carbocycles. The Labute approximate surface area is 106 Å². The Hall–Kier alpha value is -1.53. The van der Waals surface area contributed by atoms with Gasteiger partial charge >= 0.3 is 5.97 Å². The van der Waals surface area contributed by atoms with Crippen LogP contribution in [0, 0.1) is 0 Å². The summed E-state index contributed by atoms with van der Waals surface area (Å²) >= 11 is 0. The van der Waals surface area contributed by atoms with Crippen LogP contribution in [-0.2, 0) is 22.4 Å². The molecule has 0 aliphatic carbocycles. The molecule has 2 heterocycles. The van der Waals surface area contributed by atoms with Crippen LogP contribution in [0.2, 0.25) is 0 Å². The lowest BCUT2D eigenvalue weighted by atomic mass is 10.0. The van der Waals surface area contributed by atoms with Crippen LogP contribution in [0.25, 0.3) is 0 Å². The van der Waals surface area contributed by atoms with E-state index in [1.165, 1.54) is 7.11 Å². The number of carbonyl (C=O) groups is 1. The topological polar surface area (TPSA) is 73.3 Å². The number of methoxy groups -OCH3 is 2. The van der Waals surface area contributed by atoms with Gasteiger partial charge in [0, 0.05) is 32.2 Å². The van der Waals surface area contributed by atoms with E-state index in [0.717, 1.165) is 24.2 Å². The third-order valence-corrected chi connectivity index (χ3v) is 3.05. The van der Waals surface area contributed by atoms with E-state index < -0.39 is 5.97 Å². The summed E-state index contributed by atoms with van der Waals surface area (Å²) in [6, 6.07) is 0. The highest BCUT2D eigenvalue weighted by Gasteiger charge is 2.24. The van der Waals surface area contributed by atoms with E-state index >= 15 is 0 Å². The van der Waals surface area contributed by atoms with Gasteiger partial charge in [0.15, 0.2) is 11.5 Å². The van der Waals surface area contributed by atoms with Crippen LogP contribution < -0.4 is 5.32 Å². The minimum Gasteiger partial charge on any atom is -0.464 e. The number of rotatable bonds is 3. The number of nitrogens with zero attached hydrogens (tertiary/aromatic N) is 2. The normalized spacial score (nSPS) is 15.9. The molecule has 1 aromatic heterocycles. The molecule has 18 heavy (non-hydrogen) atoms. The Morgan fingerprint density at radius 1 is 1.39 bits per heavy atom. The number of hydrogen-bond donors (Lipinski definition) is 1. The molecule has 0 bridgehead atoms. The first-order valence-corrected chi connectivity index (χ1v) is 5.89. The van der Waals surface area contributed by atoms with E-state index in [4.69, 9.17) is 9.47 Å². The number of carbonyl (C=O) groups excluding carboxylic acids is 1. The van der Waals surface area contributed by atoms with Crippen LogP contribution >= 0.6 is 0 Å². The molecule has 6 heteroatoms.